The van der Waals surface area contributed by atoms with Gasteiger partial charge < -0.3 is 16.8 Å². The molecule has 0 aliphatic carbocycles. The molecule has 5 N–H and O–H groups in total. The molecule has 1 atom stereocenters. The predicted octanol–water partition coefficient (Wildman–Crippen LogP) is 10.4. The molecule has 7 aromatic carbocycles. The minimum atomic E-state index is -0.0767. The third-order valence-corrected chi connectivity index (χ3v) is 9.80. The molecule has 0 heterocycles. The molecule has 4 heteroatoms. The van der Waals surface area contributed by atoms with Gasteiger partial charge in [0.1, 0.15) is 0 Å². The van der Waals surface area contributed by atoms with Crippen molar-refractivity contribution in [2.24, 2.45) is 5.73 Å². The Morgan fingerprint density at radius 2 is 1.28 bits per heavy atom. The van der Waals surface area contributed by atoms with Gasteiger partial charge in [-0.1, -0.05) is 146 Å². The molecule has 0 saturated heterocycles. The zero-order chi connectivity index (χ0) is 32.0. The summed E-state index contributed by atoms with van der Waals surface area (Å²) >= 11 is 1.79. The second-order valence-electron chi connectivity index (χ2n) is 11.8. The van der Waals surface area contributed by atoms with Gasteiger partial charge in [0.05, 0.1) is 11.7 Å². The summed E-state index contributed by atoms with van der Waals surface area (Å²) < 4.78 is 0. The number of anilines is 1. The normalized spacial score (nSPS) is 12.4. The van der Waals surface area contributed by atoms with E-state index in [4.69, 9.17) is 11.5 Å². The highest BCUT2D eigenvalue weighted by Gasteiger charge is 2.13. The van der Waals surface area contributed by atoms with Gasteiger partial charge in [-0.2, -0.15) is 0 Å². The molecule has 7 rings (SSSR count). The Hall–Kier alpha value is -5.29. The molecule has 0 aromatic heterocycles. The van der Waals surface area contributed by atoms with Crippen LogP contribution in [0.25, 0.3) is 38.4 Å². The highest BCUT2D eigenvalue weighted by Crippen LogP contribution is 2.38. The van der Waals surface area contributed by atoms with E-state index >= 15 is 0 Å². The summed E-state index contributed by atoms with van der Waals surface area (Å²) in [5.41, 5.74) is 22.1. The number of fused-ring (bicyclic) bond motifs is 3. The Bertz CT molecular complexity index is 2140. The van der Waals surface area contributed by atoms with E-state index in [9.17, 15) is 0 Å². The fourth-order valence-electron chi connectivity index (χ4n) is 6.11. The number of hydrogen-bond acceptors (Lipinski definition) is 4. The van der Waals surface area contributed by atoms with E-state index in [0.29, 0.717) is 6.54 Å². The largest absolute Gasteiger partial charge is 0.398 e. The lowest BCUT2D eigenvalue weighted by molar-refractivity contribution is 0.622. The minimum Gasteiger partial charge on any atom is -0.398 e. The fraction of sp³-hybridized carbons (Fsp3) is 0.0698. The van der Waals surface area contributed by atoms with E-state index in [1.807, 2.05) is 36.4 Å². The Balaban J connectivity index is 1.16. The van der Waals surface area contributed by atoms with Crippen LogP contribution in [0.2, 0.25) is 0 Å². The SMILES string of the molecule is N/C(=C\C(NCc1ccc2c(ccc3ccc(SCc4ccccc4)c(N)c32)c1)c1ccc(-c2ccccc2)cc1)c1ccccc1. The quantitative estimate of drug-likeness (QED) is 0.0802. The van der Waals surface area contributed by atoms with E-state index in [-0.39, 0.29) is 6.04 Å². The maximum atomic E-state index is 6.84. The van der Waals surface area contributed by atoms with Crippen LogP contribution in [0.4, 0.5) is 5.69 Å². The van der Waals surface area contributed by atoms with Crippen LogP contribution in [-0.2, 0) is 12.3 Å². The van der Waals surface area contributed by atoms with Gasteiger partial charge in [0, 0.05) is 28.3 Å². The maximum Gasteiger partial charge on any atom is 0.0538 e. The average molecular weight is 628 g/mol. The first kappa shape index (κ1) is 30.4. The predicted molar refractivity (Wildman–Crippen MR) is 202 cm³/mol. The fourth-order valence-corrected chi connectivity index (χ4v) is 7.04. The highest BCUT2D eigenvalue weighted by atomic mass is 32.2. The van der Waals surface area contributed by atoms with Crippen LogP contribution in [0.1, 0.15) is 28.3 Å². The molecule has 0 amide bonds. The molecule has 230 valence electrons. The van der Waals surface area contributed by atoms with Crippen molar-refractivity contribution in [3.05, 3.63) is 186 Å². The van der Waals surface area contributed by atoms with Crippen molar-refractivity contribution in [1.82, 2.24) is 5.32 Å². The molecule has 0 spiro atoms. The number of hydrogen-bond donors (Lipinski definition) is 3. The van der Waals surface area contributed by atoms with Gasteiger partial charge in [0.25, 0.3) is 0 Å². The maximum absolute atomic E-state index is 6.84. The van der Waals surface area contributed by atoms with Gasteiger partial charge in [-0.3, -0.25) is 0 Å². The zero-order valence-electron chi connectivity index (χ0n) is 26.1. The van der Waals surface area contributed by atoms with Crippen LogP contribution in [0.5, 0.6) is 0 Å². The van der Waals surface area contributed by atoms with Crippen LogP contribution >= 0.6 is 11.8 Å². The number of nitrogens with two attached hydrogens (primary N) is 2. The molecule has 47 heavy (non-hydrogen) atoms. The number of benzene rings is 7. The zero-order valence-corrected chi connectivity index (χ0v) is 27.0. The number of nitrogens with one attached hydrogen (secondary N) is 1. The summed E-state index contributed by atoms with van der Waals surface area (Å²) in [6, 6.07) is 55.2. The molecule has 3 nitrogen and oxygen atoms in total. The summed E-state index contributed by atoms with van der Waals surface area (Å²) in [5.74, 6) is 0.885. The van der Waals surface area contributed by atoms with Gasteiger partial charge >= 0.3 is 0 Å². The molecule has 0 saturated carbocycles. The summed E-state index contributed by atoms with van der Waals surface area (Å²) in [5, 5.41) is 8.41. The third-order valence-electron chi connectivity index (χ3n) is 8.66. The molecule has 0 bridgehead atoms. The summed E-state index contributed by atoms with van der Waals surface area (Å²) in [6.45, 7) is 0.681. The Labute approximate surface area is 281 Å². The van der Waals surface area contributed by atoms with Crippen molar-refractivity contribution in [1.29, 1.82) is 0 Å². The highest BCUT2D eigenvalue weighted by molar-refractivity contribution is 7.98. The van der Waals surface area contributed by atoms with E-state index in [1.165, 1.54) is 33.0 Å². The Kier molecular flexibility index (Phi) is 9.05. The first-order valence-electron chi connectivity index (χ1n) is 15.9. The summed E-state index contributed by atoms with van der Waals surface area (Å²) in [4.78, 5) is 1.11. The van der Waals surface area contributed by atoms with Crippen LogP contribution in [0.3, 0.4) is 0 Å². The summed E-state index contributed by atoms with van der Waals surface area (Å²) in [7, 11) is 0. The van der Waals surface area contributed by atoms with Gasteiger partial charge in [0.2, 0.25) is 0 Å². The van der Waals surface area contributed by atoms with Crippen LogP contribution in [-0.4, -0.2) is 0 Å². The average Bonchev–Trinajstić information content (AvgIpc) is 3.14. The standard InChI is InChI=1S/C43H37N3S/c44-39(34-14-8-3-9-15-34)27-40(35-19-17-33(18-20-35)32-12-6-2-7-13-32)46-28-31-16-24-38-37(26-31)22-21-36-23-25-41(43(45)42(36)38)47-29-30-10-4-1-5-11-30/h1-27,40,46H,28-29,44-45H2/b39-27-. The van der Waals surface area contributed by atoms with Crippen molar-refractivity contribution in [3.8, 4) is 11.1 Å². The number of thioether (sulfide) groups is 1. The smallest absolute Gasteiger partial charge is 0.0538 e. The molecule has 0 fully saturated rings. The van der Waals surface area contributed by atoms with Crippen LogP contribution in [0, 0.1) is 0 Å². The lowest BCUT2D eigenvalue weighted by Gasteiger charge is -2.18. The monoisotopic (exact) mass is 627 g/mol. The molecular weight excluding hydrogens is 591 g/mol. The number of rotatable bonds is 10. The van der Waals surface area contributed by atoms with Crippen molar-refractivity contribution < 1.29 is 0 Å². The first-order valence-corrected chi connectivity index (χ1v) is 16.9. The van der Waals surface area contributed by atoms with E-state index in [2.05, 4.69) is 133 Å². The topological polar surface area (TPSA) is 64.1 Å². The van der Waals surface area contributed by atoms with Crippen molar-refractivity contribution in [2.75, 3.05) is 5.73 Å². The molecular formula is C43H37N3S. The van der Waals surface area contributed by atoms with Crippen molar-refractivity contribution in [3.63, 3.8) is 0 Å². The first-order chi connectivity index (χ1) is 23.1. The van der Waals surface area contributed by atoms with Crippen molar-refractivity contribution in [2.45, 2.75) is 23.2 Å². The molecule has 1 unspecified atom stereocenters. The van der Waals surface area contributed by atoms with Crippen LogP contribution < -0.4 is 16.8 Å². The second-order valence-corrected chi connectivity index (χ2v) is 12.8. The lowest BCUT2D eigenvalue weighted by Crippen LogP contribution is -2.20. The van der Waals surface area contributed by atoms with E-state index < -0.39 is 0 Å². The van der Waals surface area contributed by atoms with Gasteiger partial charge in [-0.25, -0.2) is 0 Å². The van der Waals surface area contributed by atoms with E-state index in [0.717, 1.165) is 43.9 Å². The lowest BCUT2D eigenvalue weighted by atomic mass is 9.98. The van der Waals surface area contributed by atoms with Gasteiger partial charge in [-0.15, -0.1) is 11.8 Å². The Morgan fingerprint density at radius 1 is 0.638 bits per heavy atom. The second kappa shape index (κ2) is 14.0. The minimum absolute atomic E-state index is 0.0767. The molecule has 0 aliphatic heterocycles. The summed E-state index contributed by atoms with van der Waals surface area (Å²) in [6.07, 6.45) is 2.12. The molecule has 0 radical (unpaired) electrons. The van der Waals surface area contributed by atoms with E-state index in [1.54, 1.807) is 11.8 Å². The van der Waals surface area contributed by atoms with Gasteiger partial charge in [0.15, 0.2) is 0 Å². The molecule has 7 aromatic rings. The Morgan fingerprint density at radius 3 is 2.02 bits per heavy atom. The van der Waals surface area contributed by atoms with Crippen LogP contribution in [0.15, 0.2) is 169 Å². The molecule has 0 aliphatic rings. The van der Waals surface area contributed by atoms with Crippen molar-refractivity contribution >= 4 is 44.7 Å². The third kappa shape index (κ3) is 6.95. The number of nitrogen functional groups attached to an aromatic ring is 1. The van der Waals surface area contributed by atoms with Gasteiger partial charge in [-0.05, 0) is 67.7 Å².